The van der Waals surface area contributed by atoms with E-state index in [1.807, 2.05) is 0 Å². The van der Waals surface area contributed by atoms with Crippen LogP contribution in [0.4, 0.5) is 0 Å². The molecular weight excluding hydrogens is 214 g/mol. The smallest absolute Gasteiger partial charge is 0.157 e. The van der Waals surface area contributed by atoms with E-state index in [0.29, 0.717) is 13.0 Å². The molecule has 1 saturated carbocycles. The number of hydrogen-bond donors (Lipinski definition) is 2. The van der Waals surface area contributed by atoms with Gasteiger partial charge in [-0.05, 0) is 38.0 Å². The fourth-order valence-electron chi connectivity index (χ4n) is 2.81. The van der Waals surface area contributed by atoms with Gasteiger partial charge in [-0.3, -0.25) is 4.79 Å². The van der Waals surface area contributed by atoms with E-state index >= 15 is 0 Å². The van der Waals surface area contributed by atoms with Crippen LogP contribution in [-0.2, 0) is 4.79 Å². The Morgan fingerprint density at radius 3 is 2.65 bits per heavy atom. The molecule has 3 nitrogen and oxygen atoms in total. The molecule has 2 N–H and O–H groups in total. The first-order valence-electron chi connectivity index (χ1n) is 6.81. The van der Waals surface area contributed by atoms with Crippen molar-refractivity contribution in [2.75, 3.05) is 6.54 Å². The van der Waals surface area contributed by atoms with Crippen LogP contribution in [0.3, 0.4) is 0 Å². The zero-order valence-corrected chi connectivity index (χ0v) is 10.7. The molecule has 2 aliphatic rings. The molecule has 0 aromatic heterocycles. The summed E-state index contributed by atoms with van der Waals surface area (Å²) in [5.74, 6) is 0.997. The molecule has 0 atom stereocenters. The van der Waals surface area contributed by atoms with Crippen molar-refractivity contribution >= 4 is 5.78 Å². The summed E-state index contributed by atoms with van der Waals surface area (Å²) < 4.78 is 0. The molecule has 1 fully saturated rings. The number of nitrogens with one attached hydrogen (secondary N) is 1. The Morgan fingerprint density at radius 1 is 1.41 bits per heavy atom. The van der Waals surface area contributed by atoms with Crippen LogP contribution in [0.2, 0.25) is 0 Å². The van der Waals surface area contributed by atoms with Crippen molar-refractivity contribution in [3.63, 3.8) is 0 Å². The molecular formula is C14H23NO2. The number of hydrogen-bond acceptors (Lipinski definition) is 3. The normalized spacial score (nSPS) is 33.6. The van der Waals surface area contributed by atoms with Gasteiger partial charge in [0.05, 0.1) is 5.60 Å². The quantitative estimate of drug-likeness (QED) is 0.787. The first kappa shape index (κ1) is 12.6. The Kier molecular flexibility index (Phi) is 3.87. The van der Waals surface area contributed by atoms with Gasteiger partial charge in [0.2, 0.25) is 0 Å². The van der Waals surface area contributed by atoms with Gasteiger partial charge >= 0.3 is 0 Å². The summed E-state index contributed by atoms with van der Waals surface area (Å²) in [6, 6.07) is 0. The molecule has 0 radical (unpaired) electrons. The molecule has 0 aromatic rings. The molecule has 96 valence electrons. The Hall–Kier alpha value is -0.830. The topological polar surface area (TPSA) is 49.3 Å². The van der Waals surface area contributed by atoms with Gasteiger partial charge < -0.3 is 10.4 Å². The molecule has 0 unspecified atom stereocenters. The highest BCUT2D eigenvalue weighted by atomic mass is 16.3. The van der Waals surface area contributed by atoms with E-state index in [1.165, 1.54) is 6.42 Å². The van der Waals surface area contributed by atoms with Crippen molar-refractivity contribution in [1.82, 2.24) is 5.32 Å². The van der Waals surface area contributed by atoms with E-state index < -0.39 is 5.60 Å². The minimum Gasteiger partial charge on any atom is -0.388 e. The van der Waals surface area contributed by atoms with Gasteiger partial charge in [-0.25, -0.2) is 0 Å². The van der Waals surface area contributed by atoms with Crippen LogP contribution in [0.25, 0.3) is 0 Å². The van der Waals surface area contributed by atoms with Gasteiger partial charge in [-0.1, -0.05) is 13.3 Å². The van der Waals surface area contributed by atoms with Crippen molar-refractivity contribution in [3.8, 4) is 0 Å². The van der Waals surface area contributed by atoms with Crippen molar-refractivity contribution in [2.45, 2.75) is 57.5 Å². The van der Waals surface area contributed by atoms with Crippen molar-refractivity contribution in [2.24, 2.45) is 5.92 Å². The summed E-state index contributed by atoms with van der Waals surface area (Å²) in [7, 11) is 0. The molecule has 0 saturated heterocycles. The molecule has 0 bridgehead atoms. The van der Waals surface area contributed by atoms with Crippen molar-refractivity contribution in [1.29, 1.82) is 0 Å². The van der Waals surface area contributed by atoms with Crippen LogP contribution in [-0.4, -0.2) is 23.0 Å². The molecule has 0 heterocycles. The van der Waals surface area contributed by atoms with E-state index in [4.69, 9.17) is 0 Å². The van der Waals surface area contributed by atoms with Gasteiger partial charge in [-0.2, -0.15) is 0 Å². The largest absolute Gasteiger partial charge is 0.388 e. The second-order valence-corrected chi connectivity index (χ2v) is 5.57. The minimum atomic E-state index is -0.557. The standard InChI is InChI=1S/C14H23NO2/c1-2-11-5-7-14(17,8-6-11)10-15-12-3-4-13(16)9-12/h9,11,15,17H,2-8,10H2,1H3. The maximum Gasteiger partial charge on any atom is 0.157 e. The average molecular weight is 237 g/mol. The van der Waals surface area contributed by atoms with Crippen molar-refractivity contribution in [3.05, 3.63) is 11.8 Å². The number of carbonyl (C=O) groups excluding carboxylic acids is 1. The number of ketones is 1. The number of carbonyl (C=O) groups is 1. The lowest BCUT2D eigenvalue weighted by Crippen LogP contribution is -2.43. The molecule has 2 aliphatic carbocycles. The van der Waals surface area contributed by atoms with E-state index in [2.05, 4.69) is 12.2 Å². The molecule has 0 spiro atoms. The minimum absolute atomic E-state index is 0.203. The lowest BCUT2D eigenvalue weighted by atomic mass is 9.78. The van der Waals surface area contributed by atoms with Gasteiger partial charge in [-0.15, -0.1) is 0 Å². The highest BCUT2D eigenvalue weighted by molar-refractivity contribution is 5.92. The maximum atomic E-state index is 11.1. The third-order valence-electron chi connectivity index (χ3n) is 4.23. The molecule has 17 heavy (non-hydrogen) atoms. The zero-order chi connectivity index (χ0) is 12.3. The predicted molar refractivity (Wildman–Crippen MR) is 67.5 cm³/mol. The Bertz CT molecular complexity index is 314. The number of allylic oxidation sites excluding steroid dienone is 2. The van der Waals surface area contributed by atoms with Crippen LogP contribution in [0.5, 0.6) is 0 Å². The van der Waals surface area contributed by atoms with E-state index in [1.54, 1.807) is 6.08 Å². The summed E-state index contributed by atoms with van der Waals surface area (Å²) in [5.41, 5.74) is 0.444. The summed E-state index contributed by atoms with van der Waals surface area (Å²) in [6.07, 6.45) is 8.38. The van der Waals surface area contributed by atoms with E-state index in [-0.39, 0.29) is 5.78 Å². The fourth-order valence-corrected chi connectivity index (χ4v) is 2.81. The SMILES string of the molecule is CCC1CCC(O)(CNC2=CC(=O)CC2)CC1. The van der Waals surface area contributed by atoms with Crippen LogP contribution in [0, 0.1) is 5.92 Å². The third kappa shape index (κ3) is 3.32. The van der Waals surface area contributed by atoms with Crippen LogP contribution in [0.1, 0.15) is 51.9 Å². The molecule has 0 amide bonds. The number of rotatable bonds is 4. The number of aliphatic hydroxyl groups is 1. The Morgan fingerprint density at radius 2 is 2.12 bits per heavy atom. The highest BCUT2D eigenvalue weighted by Crippen LogP contribution is 2.33. The lowest BCUT2D eigenvalue weighted by molar-refractivity contribution is -0.114. The second-order valence-electron chi connectivity index (χ2n) is 5.57. The molecule has 3 heteroatoms. The predicted octanol–water partition coefficient (Wildman–Crippen LogP) is 2.15. The van der Waals surface area contributed by atoms with Gasteiger partial charge in [0.25, 0.3) is 0 Å². The third-order valence-corrected chi connectivity index (χ3v) is 4.23. The molecule has 0 aromatic carbocycles. The summed E-state index contributed by atoms with van der Waals surface area (Å²) >= 11 is 0. The van der Waals surface area contributed by atoms with E-state index in [9.17, 15) is 9.90 Å². The summed E-state index contributed by atoms with van der Waals surface area (Å²) in [4.78, 5) is 11.1. The molecule has 2 rings (SSSR count). The fraction of sp³-hybridized carbons (Fsp3) is 0.786. The zero-order valence-electron chi connectivity index (χ0n) is 10.7. The average Bonchev–Trinajstić information content (AvgIpc) is 2.74. The maximum absolute atomic E-state index is 11.1. The first-order chi connectivity index (χ1) is 8.11. The second kappa shape index (κ2) is 5.21. The van der Waals surface area contributed by atoms with Crippen LogP contribution < -0.4 is 5.32 Å². The van der Waals surface area contributed by atoms with Gasteiger partial charge in [0.15, 0.2) is 5.78 Å². The Balaban J connectivity index is 1.79. The lowest BCUT2D eigenvalue weighted by Gasteiger charge is -2.36. The van der Waals surface area contributed by atoms with Crippen LogP contribution in [0.15, 0.2) is 11.8 Å². The Labute approximate surface area is 103 Å². The first-order valence-corrected chi connectivity index (χ1v) is 6.81. The van der Waals surface area contributed by atoms with Crippen molar-refractivity contribution < 1.29 is 9.90 Å². The highest BCUT2D eigenvalue weighted by Gasteiger charge is 2.32. The monoisotopic (exact) mass is 237 g/mol. The van der Waals surface area contributed by atoms with E-state index in [0.717, 1.165) is 43.7 Å². The van der Waals surface area contributed by atoms with Gasteiger partial charge in [0, 0.05) is 24.7 Å². The summed E-state index contributed by atoms with van der Waals surface area (Å²) in [6.45, 7) is 2.82. The summed E-state index contributed by atoms with van der Waals surface area (Å²) in [5, 5.41) is 13.7. The van der Waals surface area contributed by atoms with Gasteiger partial charge in [0.1, 0.15) is 0 Å². The van der Waals surface area contributed by atoms with Crippen LogP contribution >= 0.6 is 0 Å². The molecule has 0 aliphatic heterocycles.